The Hall–Kier alpha value is -2.61. The van der Waals surface area contributed by atoms with Gasteiger partial charge in [-0.1, -0.05) is 6.07 Å². The van der Waals surface area contributed by atoms with Crippen LogP contribution in [-0.2, 0) is 16.1 Å². The number of cyclic esters (lactones) is 1. The predicted octanol–water partition coefficient (Wildman–Crippen LogP) is 3.03. The van der Waals surface area contributed by atoms with Crippen molar-refractivity contribution in [3.8, 4) is 6.07 Å². The lowest BCUT2D eigenvalue weighted by Gasteiger charge is -2.46. The van der Waals surface area contributed by atoms with Crippen molar-refractivity contribution in [3.05, 3.63) is 69.3 Å². The Morgan fingerprint density at radius 3 is 2.69 bits per heavy atom. The topological polar surface area (TPSA) is 86.0 Å². The van der Waals surface area contributed by atoms with Crippen LogP contribution in [0.5, 0.6) is 0 Å². The van der Waals surface area contributed by atoms with Crippen LogP contribution in [0.25, 0.3) is 0 Å². The highest BCUT2D eigenvalue weighted by atomic mass is 35.5. The van der Waals surface area contributed by atoms with E-state index in [-0.39, 0.29) is 42.6 Å². The first-order valence-electron chi connectivity index (χ1n) is 11.3. The van der Waals surface area contributed by atoms with E-state index in [1.54, 1.807) is 0 Å². The fourth-order valence-corrected chi connectivity index (χ4v) is 5.16. The van der Waals surface area contributed by atoms with Crippen LogP contribution in [0, 0.1) is 29.9 Å². The summed E-state index contributed by atoms with van der Waals surface area (Å²) in [5.74, 6) is -2.21. The molecule has 1 unspecified atom stereocenters. The first-order chi connectivity index (χ1) is 16.4. The number of halogens is 3. The lowest BCUT2D eigenvalue weighted by Crippen LogP contribution is -2.58. The maximum atomic E-state index is 13.9. The molecule has 10 heteroatoms. The minimum atomic E-state index is -1.07. The number of piperazine rings is 1. The van der Waals surface area contributed by atoms with Gasteiger partial charge in [0.25, 0.3) is 0 Å². The van der Waals surface area contributed by atoms with Crippen LogP contribution in [-0.4, -0.2) is 66.2 Å². The summed E-state index contributed by atoms with van der Waals surface area (Å²) in [5, 5.41) is 19.4. The minimum absolute atomic E-state index is 0. The SMILES string of the molecule is Cc1c([C@@H]2CN3CCN(CC(O)c4cc(F)c(C#N)c(F)c4)C[C@H]3CO2)ccc2c1COC2=O.Cl. The Bertz CT molecular complexity index is 1170. The zero-order chi connectivity index (χ0) is 24.0. The number of hydrogen-bond donors (Lipinski definition) is 1. The molecule has 0 spiro atoms. The smallest absolute Gasteiger partial charge is 0.338 e. The third-order valence-electron chi connectivity index (χ3n) is 7.13. The van der Waals surface area contributed by atoms with Gasteiger partial charge in [0.15, 0.2) is 0 Å². The summed E-state index contributed by atoms with van der Waals surface area (Å²) in [6.45, 7) is 5.92. The Labute approximate surface area is 208 Å². The fourth-order valence-electron chi connectivity index (χ4n) is 5.16. The molecular formula is C25H26ClF2N3O4. The number of aliphatic hydroxyl groups excluding tert-OH is 1. The number of aliphatic hydroxyl groups is 1. The number of fused-ring (bicyclic) bond motifs is 2. The van der Waals surface area contributed by atoms with Crippen molar-refractivity contribution in [2.75, 3.05) is 39.3 Å². The predicted molar refractivity (Wildman–Crippen MR) is 124 cm³/mol. The van der Waals surface area contributed by atoms with Crippen LogP contribution >= 0.6 is 12.4 Å². The summed E-state index contributed by atoms with van der Waals surface area (Å²) in [6, 6.07) is 7.45. The summed E-state index contributed by atoms with van der Waals surface area (Å²) < 4.78 is 39.2. The van der Waals surface area contributed by atoms with Crippen LogP contribution in [0.3, 0.4) is 0 Å². The van der Waals surface area contributed by atoms with Gasteiger partial charge < -0.3 is 14.6 Å². The molecule has 3 aliphatic heterocycles. The van der Waals surface area contributed by atoms with Crippen LogP contribution in [0.2, 0.25) is 0 Å². The normalized spacial score (nSPS) is 23.0. The first kappa shape index (κ1) is 25.5. The van der Waals surface area contributed by atoms with Gasteiger partial charge in [0.1, 0.15) is 29.9 Å². The molecule has 0 aliphatic carbocycles. The van der Waals surface area contributed by atoms with Gasteiger partial charge in [-0.3, -0.25) is 9.80 Å². The quantitative estimate of drug-likeness (QED) is 0.639. The number of carbonyl (C=O) groups is 1. The second-order valence-electron chi connectivity index (χ2n) is 9.10. The van der Waals surface area contributed by atoms with Crippen molar-refractivity contribution in [3.63, 3.8) is 0 Å². The van der Waals surface area contributed by atoms with E-state index in [4.69, 9.17) is 14.7 Å². The van der Waals surface area contributed by atoms with Crippen molar-refractivity contribution >= 4 is 18.4 Å². The highest BCUT2D eigenvalue weighted by Crippen LogP contribution is 2.34. The summed E-state index contributed by atoms with van der Waals surface area (Å²) in [7, 11) is 0. The lowest BCUT2D eigenvalue weighted by molar-refractivity contribution is -0.0939. The molecule has 3 atom stereocenters. The number of morpholine rings is 1. The van der Waals surface area contributed by atoms with E-state index in [2.05, 4.69) is 9.80 Å². The number of ether oxygens (including phenoxy) is 2. The van der Waals surface area contributed by atoms with E-state index in [1.807, 2.05) is 19.1 Å². The van der Waals surface area contributed by atoms with E-state index in [0.29, 0.717) is 31.9 Å². The molecule has 2 fully saturated rings. The molecular weight excluding hydrogens is 480 g/mol. The summed E-state index contributed by atoms with van der Waals surface area (Å²) in [4.78, 5) is 16.2. The number of nitriles is 1. The average molecular weight is 506 g/mol. The van der Waals surface area contributed by atoms with Crippen molar-refractivity contribution in [2.45, 2.75) is 31.8 Å². The van der Waals surface area contributed by atoms with Crippen molar-refractivity contribution in [1.82, 2.24) is 9.80 Å². The van der Waals surface area contributed by atoms with E-state index >= 15 is 0 Å². The van der Waals surface area contributed by atoms with Gasteiger partial charge in [0.2, 0.25) is 0 Å². The number of nitrogens with zero attached hydrogens (tertiary/aromatic N) is 3. The summed E-state index contributed by atoms with van der Waals surface area (Å²) in [6.07, 6.45) is -1.17. The number of esters is 1. The third kappa shape index (κ3) is 4.77. The largest absolute Gasteiger partial charge is 0.457 e. The zero-order valence-electron chi connectivity index (χ0n) is 19.2. The highest BCUT2D eigenvalue weighted by molar-refractivity contribution is 5.94. The van der Waals surface area contributed by atoms with Gasteiger partial charge in [-0.2, -0.15) is 5.26 Å². The van der Waals surface area contributed by atoms with Gasteiger partial charge in [-0.25, -0.2) is 13.6 Å². The molecule has 3 aliphatic rings. The second-order valence-corrected chi connectivity index (χ2v) is 9.10. The number of rotatable bonds is 4. The molecule has 2 aromatic carbocycles. The number of benzene rings is 2. The Balaban J connectivity index is 0.00000289. The first-order valence-corrected chi connectivity index (χ1v) is 11.3. The molecule has 35 heavy (non-hydrogen) atoms. The number of carbonyl (C=O) groups excluding carboxylic acids is 1. The molecule has 3 heterocycles. The number of β-amino-alcohol motifs (C(OH)–C–C–N with tert-alkyl or cyclic N) is 1. The lowest BCUT2D eigenvalue weighted by atomic mass is 9.94. The summed E-state index contributed by atoms with van der Waals surface area (Å²) >= 11 is 0. The second kappa shape index (κ2) is 10.2. The molecule has 0 radical (unpaired) electrons. The van der Waals surface area contributed by atoms with Crippen molar-refractivity contribution in [1.29, 1.82) is 5.26 Å². The highest BCUT2D eigenvalue weighted by Gasteiger charge is 2.36. The average Bonchev–Trinajstić information content (AvgIpc) is 3.20. The molecule has 7 nitrogen and oxygen atoms in total. The van der Waals surface area contributed by atoms with Gasteiger partial charge in [0, 0.05) is 44.3 Å². The monoisotopic (exact) mass is 505 g/mol. The standard InChI is InChI=1S/C25H25F2N3O4.ClH/c1-14-17(2-3-18-20(14)13-34-25(18)32)24-11-30-5-4-29(9-16(30)12-33-24)10-23(31)15-6-21(26)19(8-28)22(27)7-15;/h2-3,6-7,16,23-24,31H,4-5,9-13H2,1H3;1H/t16-,23?,24-;/m0./s1. The van der Waals surface area contributed by atoms with Crippen LogP contribution in [0.4, 0.5) is 8.78 Å². The molecule has 2 aromatic rings. The Kier molecular flexibility index (Phi) is 7.40. The van der Waals surface area contributed by atoms with Crippen LogP contribution < -0.4 is 0 Å². The summed E-state index contributed by atoms with van der Waals surface area (Å²) in [5.41, 5.74) is 3.14. The van der Waals surface area contributed by atoms with Gasteiger partial charge in [0.05, 0.1) is 24.4 Å². The fraction of sp³-hybridized carbons (Fsp3) is 0.440. The van der Waals surface area contributed by atoms with E-state index in [0.717, 1.165) is 41.9 Å². The van der Waals surface area contributed by atoms with Crippen molar-refractivity contribution < 1.29 is 28.2 Å². The molecule has 0 bridgehead atoms. The van der Waals surface area contributed by atoms with Gasteiger partial charge in [-0.15, -0.1) is 12.4 Å². The molecule has 0 saturated carbocycles. The Morgan fingerprint density at radius 2 is 1.97 bits per heavy atom. The molecule has 2 saturated heterocycles. The van der Waals surface area contributed by atoms with Crippen molar-refractivity contribution in [2.24, 2.45) is 0 Å². The van der Waals surface area contributed by atoms with Crippen LogP contribution in [0.1, 0.15) is 50.4 Å². The van der Waals surface area contributed by atoms with Gasteiger partial charge >= 0.3 is 5.97 Å². The molecule has 186 valence electrons. The molecule has 0 aromatic heterocycles. The van der Waals surface area contributed by atoms with E-state index < -0.39 is 23.3 Å². The van der Waals surface area contributed by atoms with Crippen LogP contribution in [0.15, 0.2) is 24.3 Å². The van der Waals surface area contributed by atoms with E-state index in [1.165, 1.54) is 6.07 Å². The third-order valence-corrected chi connectivity index (χ3v) is 7.13. The molecule has 1 N–H and O–H groups in total. The molecule has 5 rings (SSSR count). The maximum absolute atomic E-state index is 13.9. The minimum Gasteiger partial charge on any atom is -0.457 e. The zero-order valence-corrected chi connectivity index (χ0v) is 20.0. The Morgan fingerprint density at radius 1 is 1.23 bits per heavy atom. The number of hydrogen-bond acceptors (Lipinski definition) is 7. The maximum Gasteiger partial charge on any atom is 0.338 e. The van der Waals surface area contributed by atoms with E-state index in [9.17, 15) is 18.7 Å². The van der Waals surface area contributed by atoms with Gasteiger partial charge in [-0.05, 0) is 41.8 Å². The molecule has 0 amide bonds.